The first-order valence-corrected chi connectivity index (χ1v) is 9.03. The van der Waals surface area contributed by atoms with Crippen LogP contribution in [0.4, 0.5) is 0 Å². The van der Waals surface area contributed by atoms with Gasteiger partial charge in [0.25, 0.3) is 0 Å². The predicted octanol–water partition coefficient (Wildman–Crippen LogP) is 1.65. The quantitative estimate of drug-likeness (QED) is 0.794. The number of morpholine rings is 1. The van der Waals surface area contributed by atoms with Gasteiger partial charge in [0.05, 0.1) is 19.1 Å². The molecule has 2 heterocycles. The SMILES string of the molecule is CC[C@H](C(=O)N1CCO[C@H](CC(=O)O)C1)n1nnc(-c2ccc(Cl)cc2)n1. The molecule has 2 aromatic rings. The van der Waals surface area contributed by atoms with Crippen LogP contribution >= 0.6 is 11.6 Å². The second-order valence-electron chi connectivity index (χ2n) is 6.24. The first-order valence-electron chi connectivity index (χ1n) is 8.65. The minimum absolute atomic E-state index is 0.136. The van der Waals surface area contributed by atoms with Gasteiger partial charge in [-0.25, -0.2) is 0 Å². The zero-order valence-corrected chi connectivity index (χ0v) is 15.5. The lowest BCUT2D eigenvalue weighted by molar-refractivity contribution is -0.149. The van der Waals surface area contributed by atoms with E-state index in [1.54, 1.807) is 29.2 Å². The monoisotopic (exact) mass is 393 g/mol. The van der Waals surface area contributed by atoms with E-state index in [-0.39, 0.29) is 18.9 Å². The molecule has 1 aliphatic rings. The summed E-state index contributed by atoms with van der Waals surface area (Å²) in [6.45, 7) is 2.81. The van der Waals surface area contributed by atoms with Crippen LogP contribution in [0.25, 0.3) is 11.4 Å². The molecule has 1 aromatic heterocycles. The average Bonchev–Trinajstić information content (AvgIpc) is 3.12. The van der Waals surface area contributed by atoms with Gasteiger partial charge in [-0.15, -0.1) is 10.2 Å². The predicted molar refractivity (Wildman–Crippen MR) is 96.2 cm³/mol. The van der Waals surface area contributed by atoms with Gasteiger partial charge in [-0.1, -0.05) is 18.5 Å². The fourth-order valence-corrected chi connectivity index (χ4v) is 3.08. The maximum atomic E-state index is 12.9. The molecule has 9 nitrogen and oxygen atoms in total. The summed E-state index contributed by atoms with van der Waals surface area (Å²) in [7, 11) is 0. The number of hydrogen-bond acceptors (Lipinski definition) is 6. The van der Waals surface area contributed by atoms with Crippen LogP contribution in [0, 0.1) is 0 Å². The number of amides is 1. The number of benzene rings is 1. The number of ether oxygens (including phenoxy) is 1. The lowest BCUT2D eigenvalue weighted by Crippen LogP contribution is -2.48. The summed E-state index contributed by atoms with van der Waals surface area (Å²) in [5.74, 6) is -0.716. The third kappa shape index (κ3) is 4.61. The summed E-state index contributed by atoms with van der Waals surface area (Å²) < 4.78 is 5.42. The lowest BCUT2D eigenvalue weighted by atomic mass is 10.1. The fourth-order valence-electron chi connectivity index (χ4n) is 2.96. The summed E-state index contributed by atoms with van der Waals surface area (Å²) in [5.41, 5.74) is 0.751. The first kappa shape index (κ1) is 19.2. The van der Waals surface area contributed by atoms with E-state index in [1.807, 2.05) is 6.92 Å². The van der Waals surface area contributed by atoms with Gasteiger partial charge in [-0.05, 0) is 35.9 Å². The van der Waals surface area contributed by atoms with E-state index < -0.39 is 18.1 Å². The van der Waals surface area contributed by atoms with Gasteiger partial charge < -0.3 is 14.7 Å². The number of carboxylic acids is 1. The molecule has 10 heteroatoms. The van der Waals surface area contributed by atoms with E-state index in [4.69, 9.17) is 21.4 Å². The van der Waals surface area contributed by atoms with Crippen molar-refractivity contribution in [2.45, 2.75) is 31.9 Å². The average molecular weight is 394 g/mol. The Morgan fingerprint density at radius 3 is 2.78 bits per heavy atom. The molecule has 0 aliphatic carbocycles. The smallest absolute Gasteiger partial charge is 0.306 e. The fraction of sp³-hybridized carbons (Fsp3) is 0.471. The normalized spacial score (nSPS) is 18.3. The molecular formula is C17H20ClN5O4. The standard InChI is InChI=1S/C17H20ClN5O4/c1-2-14(17(26)22-7-8-27-13(10-22)9-15(24)25)23-20-16(19-21-23)11-3-5-12(18)6-4-11/h3-6,13-14H,2,7-10H2,1H3,(H,24,25)/t13-,14-/m1/s1. The molecule has 0 spiro atoms. The minimum Gasteiger partial charge on any atom is -0.481 e. The molecule has 1 fully saturated rings. The number of hydrogen-bond donors (Lipinski definition) is 1. The zero-order chi connectivity index (χ0) is 19.4. The zero-order valence-electron chi connectivity index (χ0n) is 14.8. The van der Waals surface area contributed by atoms with Crippen LogP contribution in [0.3, 0.4) is 0 Å². The number of aliphatic carboxylic acids is 1. The molecule has 0 unspecified atom stereocenters. The van der Waals surface area contributed by atoms with Crippen molar-refractivity contribution in [3.63, 3.8) is 0 Å². The van der Waals surface area contributed by atoms with Gasteiger partial charge in [-0.2, -0.15) is 4.80 Å². The third-order valence-corrected chi connectivity index (χ3v) is 4.59. The molecule has 1 amide bonds. The Balaban J connectivity index is 1.73. The van der Waals surface area contributed by atoms with Crippen LogP contribution in [0.15, 0.2) is 24.3 Å². The number of halogens is 1. The highest BCUT2D eigenvalue weighted by Gasteiger charge is 2.31. The second kappa shape index (κ2) is 8.45. The van der Waals surface area contributed by atoms with Crippen molar-refractivity contribution >= 4 is 23.5 Å². The summed E-state index contributed by atoms with van der Waals surface area (Å²) in [5, 5.41) is 22.0. The molecule has 1 saturated heterocycles. The Morgan fingerprint density at radius 2 is 2.11 bits per heavy atom. The number of aromatic nitrogens is 4. The van der Waals surface area contributed by atoms with Gasteiger partial charge in [0, 0.05) is 23.7 Å². The highest BCUT2D eigenvalue weighted by molar-refractivity contribution is 6.30. The van der Waals surface area contributed by atoms with Crippen LogP contribution in [0.5, 0.6) is 0 Å². The minimum atomic E-state index is -0.952. The Labute approximate surface area is 160 Å². The van der Waals surface area contributed by atoms with E-state index in [9.17, 15) is 9.59 Å². The van der Waals surface area contributed by atoms with E-state index >= 15 is 0 Å². The number of carboxylic acid groups (broad SMARTS) is 1. The van der Waals surface area contributed by atoms with E-state index in [1.165, 1.54) is 4.80 Å². The number of rotatable bonds is 6. The van der Waals surface area contributed by atoms with Gasteiger partial charge in [-0.3, -0.25) is 9.59 Å². The first-order chi connectivity index (χ1) is 13.0. The Kier molecular flexibility index (Phi) is 6.02. The molecule has 27 heavy (non-hydrogen) atoms. The number of nitrogens with zero attached hydrogens (tertiary/aromatic N) is 5. The molecule has 144 valence electrons. The molecule has 0 radical (unpaired) electrons. The highest BCUT2D eigenvalue weighted by Crippen LogP contribution is 2.20. The van der Waals surface area contributed by atoms with Crippen LogP contribution in [-0.2, 0) is 14.3 Å². The van der Waals surface area contributed by atoms with Crippen LogP contribution in [-0.4, -0.2) is 67.9 Å². The molecule has 0 saturated carbocycles. The summed E-state index contributed by atoms with van der Waals surface area (Å²) in [6.07, 6.45) is -0.162. The van der Waals surface area contributed by atoms with Crippen molar-refractivity contribution in [2.75, 3.05) is 19.7 Å². The lowest BCUT2D eigenvalue weighted by Gasteiger charge is -2.34. The molecule has 2 atom stereocenters. The molecular weight excluding hydrogens is 374 g/mol. The van der Waals surface area contributed by atoms with Gasteiger partial charge in [0.15, 0.2) is 6.04 Å². The molecule has 1 aliphatic heterocycles. The highest BCUT2D eigenvalue weighted by atomic mass is 35.5. The van der Waals surface area contributed by atoms with Gasteiger partial charge in [0.2, 0.25) is 11.7 Å². The van der Waals surface area contributed by atoms with E-state index in [0.29, 0.717) is 30.4 Å². The molecule has 1 aromatic carbocycles. The third-order valence-electron chi connectivity index (χ3n) is 4.33. The summed E-state index contributed by atoms with van der Waals surface area (Å²) in [6, 6.07) is 6.42. The Morgan fingerprint density at radius 1 is 1.37 bits per heavy atom. The Hall–Kier alpha value is -2.52. The number of carbonyl (C=O) groups excluding carboxylic acids is 1. The largest absolute Gasteiger partial charge is 0.481 e. The summed E-state index contributed by atoms with van der Waals surface area (Å²) in [4.78, 5) is 26.7. The topological polar surface area (TPSA) is 110 Å². The molecule has 1 N–H and O–H groups in total. The van der Waals surface area contributed by atoms with Crippen LogP contribution < -0.4 is 0 Å². The number of tetrazole rings is 1. The maximum absolute atomic E-state index is 12.9. The molecule has 0 bridgehead atoms. The van der Waals surface area contributed by atoms with Crippen LogP contribution in [0.1, 0.15) is 25.8 Å². The Bertz CT molecular complexity index is 810. The van der Waals surface area contributed by atoms with Crippen molar-refractivity contribution in [1.29, 1.82) is 0 Å². The molecule has 3 rings (SSSR count). The van der Waals surface area contributed by atoms with Gasteiger partial charge >= 0.3 is 5.97 Å². The van der Waals surface area contributed by atoms with Gasteiger partial charge in [0.1, 0.15) is 0 Å². The van der Waals surface area contributed by atoms with Crippen LogP contribution in [0.2, 0.25) is 5.02 Å². The van der Waals surface area contributed by atoms with Crippen molar-refractivity contribution < 1.29 is 19.4 Å². The summed E-state index contributed by atoms with van der Waals surface area (Å²) >= 11 is 5.89. The van der Waals surface area contributed by atoms with E-state index in [0.717, 1.165) is 5.56 Å². The second-order valence-corrected chi connectivity index (χ2v) is 6.68. The van der Waals surface area contributed by atoms with Crippen molar-refractivity contribution in [3.05, 3.63) is 29.3 Å². The maximum Gasteiger partial charge on any atom is 0.306 e. The van der Waals surface area contributed by atoms with Crippen molar-refractivity contribution in [2.24, 2.45) is 0 Å². The van der Waals surface area contributed by atoms with Crippen molar-refractivity contribution in [1.82, 2.24) is 25.1 Å². The van der Waals surface area contributed by atoms with E-state index in [2.05, 4.69) is 15.4 Å². The number of carbonyl (C=O) groups is 2. The van der Waals surface area contributed by atoms with Crippen molar-refractivity contribution in [3.8, 4) is 11.4 Å².